The fourth-order valence-corrected chi connectivity index (χ4v) is 2.63. The molecule has 0 aromatic heterocycles. The minimum atomic E-state index is -0.0339. The topological polar surface area (TPSA) is 41.1 Å². The predicted molar refractivity (Wildman–Crippen MR) is 82.4 cm³/mol. The van der Waals surface area contributed by atoms with Gasteiger partial charge in [-0.25, -0.2) is 0 Å². The lowest BCUT2D eigenvalue weighted by atomic mass is 10.0. The van der Waals surface area contributed by atoms with Gasteiger partial charge in [0.25, 0.3) is 5.91 Å². The van der Waals surface area contributed by atoms with Gasteiger partial charge in [0.1, 0.15) is 0 Å². The number of hydrogen-bond acceptors (Lipinski definition) is 2. The highest BCUT2D eigenvalue weighted by molar-refractivity contribution is 6.05. The van der Waals surface area contributed by atoms with Crippen molar-refractivity contribution in [2.24, 2.45) is 0 Å². The molecule has 0 bridgehead atoms. The third-order valence-corrected chi connectivity index (χ3v) is 3.72. The Bertz CT molecular complexity index is 649. The zero-order chi connectivity index (χ0) is 13.9. The Morgan fingerprint density at radius 3 is 2.95 bits per heavy atom. The molecule has 102 valence electrons. The Balaban J connectivity index is 1.82. The lowest BCUT2D eigenvalue weighted by molar-refractivity contribution is 0.102. The number of anilines is 2. The molecule has 3 nitrogen and oxygen atoms in total. The molecule has 20 heavy (non-hydrogen) atoms. The third kappa shape index (κ3) is 2.39. The van der Waals surface area contributed by atoms with Gasteiger partial charge in [-0.05, 0) is 48.2 Å². The van der Waals surface area contributed by atoms with Crippen molar-refractivity contribution in [3.63, 3.8) is 0 Å². The summed E-state index contributed by atoms with van der Waals surface area (Å²) in [6.07, 6.45) is 1.88. The summed E-state index contributed by atoms with van der Waals surface area (Å²) >= 11 is 0. The monoisotopic (exact) mass is 266 g/mol. The number of rotatable bonds is 3. The maximum absolute atomic E-state index is 12.4. The van der Waals surface area contributed by atoms with Crippen LogP contribution < -0.4 is 10.6 Å². The number of hydrogen-bond donors (Lipinski definition) is 2. The van der Waals surface area contributed by atoms with Crippen molar-refractivity contribution < 1.29 is 4.79 Å². The summed E-state index contributed by atoms with van der Waals surface area (Å²) in [5, 5.41) is 6.31. The van der Waals surface area contributed by atoms with Crippen LogP contribution in [0.4, 0.5) is 11.4 Å². The molecule has 0 saturated heterocycles. The number of aryl methyl sites for hydroxylation is 1. The Morgan fingerprint density at radius 2 is 2.10 bits per heavy atom. The van der Waals surface area contributed by atoms with E-state index in [0.717, 1.165) is 36.2 Å². The van der Waals surface area contributed by atoms with E-state index in [4.69, 9.17) is 0 Å². The number of nitrogens with one attached hydrogen (secondary N) is 2. The average molecular weight is 266 g/mol. The van der Waals surface area contributed by atoms with E-state index in [2.05, 4.69) is 23.6 Å². The Hall–Kier alpha value is -2.29. The highest BCUT2D eigenvalue weighted by Gasteiger charge is 2.13. The molecule has 0 atom stereocenters. The summed E-state index contributed by atoms with van der Waals surface area (Å²) in [5.74, 6) is -0.0339. The molecule has 3 rings (SSSR count). The molecule has 0 spiro atoms. The molecule has 1 heterocycles. The van der Waals surface area contributed by atoms with Gasteiger partial charge in [0.05, 0.1) is 0 Å². The molecule has 0 unspecified atom stereocenters. The van der Waals surface area contributed by atoms with Crippen molar-refractivity contribution in [1.82, 2.24) is 0 Å². The highest BCUT2D eigenvalue weighted by atomic mass is 16.1. The van der Waals surface area contributed by atoms with Crippen molar-refractivity contribution >= 4 is 17.3 Å². The second kappa shape index (κ2) is 5.37. The van der Waals surface area contributed by atoms with Gasteiger partial charge in [-0.3, -0.25) is 4.79 Å². The van der Waals surface area contributed by atoms with Crippen molar-refractivity contribution in [3.8, 4) is 0 Å². The molecule has 0 fully saturated rings. The van der Waals surface area contributed by atoms with E-state index in [1.807, 2.05) is 36.4 Å². The standard InChI is InChI=1S/C17H18N2O/c1-2-12-5-3-4-6-15(12)17(20)19-14-7-8-16-13(11-14)9-10-18-16/h3-8,11,18H,2,9-10H2,1H3,(H,19,20). The second-order valence-electron chi connectivity index (χ2n) is 5.01. The van der Waals surface area contributed by atoms with E-state index in [9.17, 15) is 4.79 Å². The number of benzene rings is 2. The minimum absolute atomic E-state index is 0.0339. The van der Waals surface area contributed by atoms with Crippen LogP contribution in [0.3, 0.4) is 0 Å². The fraction of sp³-hybridized carbons (Fsp3) is 0.235. The van der Waals surface area contributed by atoms with Gasteiger partial charge in [-0.1, -0.05) is 25.1 Å². The van der Waals surface area contributed by atoms with Gasteiger partial charge < -0.3 is 10.6 Å². The summed E-state index contributed by atoms with van der Waals surface area (Å²) in [4.78, 5) is 12.4. The zero-order valence-electron chi connectivity index (χ0n) is 11.6. The van der Waals surface area contributed by atoms with Gasteiger partial charge in [0, 0.05) is 23.5 Å². The molecule has 2 aromatic carbocycles. The van der Waals surface area contributed by atoms with Crippen molar-refractivity contribution in [2.75, 3.05) is 17.2 Å². The van der Waals surface area contributed by atoms with Crippen molar-refractivity contribution in [2.45, 2.75) is 19.8 Å². The smallest absolute Gasteiger partial charge is 0.255 e. The number of amides is 1. The summed E-state index contributed by atoms with van der Waals surface area (Å²) < 4.78 is 0. The summed E-state index contributed by atoms with van der Waals surface area (Å²) in [7, 11) is 0. The van der Waals surface area contributed by atoms with E-state index >= 15 is 0 Å². The predicted octanol–water partition coefficient (Wildman–Crippen LogP) is 3.47. The summed E-state index contributed by atoms with van der Waals surface area (Å²) in [6, 6.07) is 13.8. The summed E-state index contributed by atoms with van der Waals surface area (Å²) in [6.45, 7) is 3.04. The number of fused-ring (bicyclic) bond motifs is 1. The van der Waals surface area contributed by atoms with Crippen LogP contribution in [0.5, 0.6) is 0 Å². The van der Waals surface area contributed by atoms with E-state index < -0.39 is 0 Å². The lowest BCUT2D eigenvalue weighted by Crippen LogP contribution is -2.14. The van der Waals surface area contributed by atoms with Crippen molar-refractivity contribution in [3.05, 3.63) is 59.2 Å². The van der Waals surface area contributed by atoms with Crippen LogP contribution in [0.1, 0.15) is 28.4 Å². The minimum Gasteiger partial charge on any atom is -0.384 e. The molecule has 1 amide bonds. The molecule has 0 radical (unpaired) electrons. The van der Waals surface area contributed by atoms with Crippen LogP contribution in [0, 0.1) is 0 Å². The SMILES string of the molecule is CCc1ccccc1C(=O)Nc1ccc2c(c1)CCN2. The molecular formula is C17H18N2O. The average Bonchev–Trinajstić information content (AvgIpc) is 2.94. The van der Waals surface area contributed by atoms with Gasteiger partial charge in [0.15, 0.2) is 0 Å². The van der Waals surface area contributed by atoms with Gasteiger partial charge in [-0.15, -0.1) is 0 Å². The number of carbonyl (C=O) groups is 1. The number of carbonyl (C=O) groups excluding carboxylic acids is 1. The van der Waals surface area contributed by atoms with Crippen LogP contribution in [-0.2, 0) is 12.8 Å². The first-order valence-electron chi connectivity index (χ1n) is 7.04. The molecule has 0 saturated carbocycles. The third-order valence-electron chi connectivity index (χ3n) is 3.72. The first kappa shape index (κ1) is 12.7. The van der Waals surface area contributed by atoms with Crippen LogP contribution in [0.25, 0.3) is 0 Å². The highest BCUT2D eigenvalue weighted by Crippen LogP contribution is 2.25. The fourth-order valence-electron chi connectivity index (χ4n) is 2.63. The van der Waals surface area contributed by atoms with E-state index in [-0.39, 0.29) is 5.91 Å². The molecular weight excluding hydrogens is 248 g/mol. The molecule has 3 heteroatoms. The Labute approximate surface area is 119 Å². The first-order chi connectivity index (χ1) is 9.78. The van der Waals surface area contributed by atoms with E-state index in [1.165, 1.54) is 11.3 Å². The van der Waals surface area contributed by atoms with Crippen molar-refractivity contribution in [1.29, 1.82) is 0 Å². The summed E-state index contributed by atoms with van der Waals surface area (Å²) in [5.41, 5.74) is 5.15. The van der Waals surface area contributed by atoms with Gasteiger partial charge in [0.2, 0.25) is 0 Å². The second-order valence-corrected chi connectivity index (χ2v) is 5.01. The van der Waals surface area contributed by atoms with Gasteiger partial charge >= 0.3 is 0 Å². The Morgan fingerprint density at radius 1 is 1.25 bits per heavy atom. The molecule has 2 aromatic rings. The van der Waals surface area contributed by atoms with E-state index in [0.29, 0.717) is 0 Å². The maximum Gasteiger partial charge on any atom is 0.255 e. The maximum atomic E-state index is 12.4. The normalized spacial score (nSPS) is 12.7. The Kier molecular flexibility index (Phi) is 3.42. The molecule has 1 aliphatic rings. The molecule has 0 aliphatic carbocycles. The molecule has 1 aliphatic heterocycles. The van der Waals surface area contributed by atoms with E-state index in [1.54, 1.807) is 0 Å². The first-order valence-corrected chi connectivity index (χ1v) is 7.04. The van der Waals surface area contributed by atoms with Crippen LogP contribution in [0.15, 0.2) is 42.5 Å². The van der Waals surface area contributed by atoms with Crippen LogP contribution in [0.2, 0.25) is 0 Å². The lowest BCUT2D eigenvalue weighted by Gasteiger charge is -2.10. The van der Waals surface area contributed by atoms with Crippen LogP contribution in [-0.4, -0.2) is 12.5 Å². The van der Waals surface area contributed by atoms with Gasteiger partial charge in [-0.2, -0.15) is 0 Å². The quantitative estimate of drug-likeness (QED) is 0.893. The zero-order valence-corrected chi connectivity index (χ0v) is 11.6. The van der Waals surface area contributed by atoms with Crippen LogP contribution >= 0.6 is 0 Å². The molecule has 2 N–H and O–H groups in total. The largest absolute Gasteiger partial charge is 0.384 e.